The lowest BCUT2D eigenvalue weighted by Gasteiger charge is -2.12. The van der Waals surface area contributed by atoms with Gasteiger partial charge in [0.05, 0.1) is 6.10 Å². The molecule has 0 fully saturated rings. The Balaban J connectivity index is 2.77. The molecule has 0 saturated carbocycles. The van der Waals surface area contributed by atoms with Crippen LogP contribution in [0.1, 0.15) is 23.7 Å². The molecule has 1 unspecified atom stereocenters. The summed E-state index contributed by atoms with van der Waals surface area (Å²) in [5.74, 6) is 0.603. The van der Waals surface area contributed by atoms with Crippen molar-refractivity contribution in [3.63, 3.8) is 0 Å². The van der Waals surface area contributed by atoms with Gasteiger partial charge in [-0.1, -0.05) is 6.07 Å². The smallest absolute Gasteiger partial charge is 0.123 e. The minimum Gasteiger partial charge on any atom is -0.388 e. The lowest BCUT2D eigenvalue weighted by Crippen LogP contribution is -2.02. The first-order chi connectivity index (χ1) is 6.65. The van der Waals surface area contributed by atoms with E-state index in [1.807, 2.05) is 13.2 Å². The van der Waals surface area contributed by atoms with Gasteiger partial charge in [-0.05, 0) is 48.6 Å². The summed E-state index contributed by atoms with van der Waals surface area (Å²) < 4.78 is 12.9. The molecule has 1 aromatic rings. The predicted molar refractivity (Wildman–Crippen MR) is 59.1 cm³/mol. The monoisotopic (exact) mass is 214 g/mol. The first kappa shape index (κ1) is 11.5. The van der Waals surface area contributed by atoms with Crippen molar-refractivity contribution in [3.05, 3.63) is 35.1 Å². The summed E-state index contributed by atoms with van der Waals surface area (Å²) in [5, 5.41) is 9.78. The van der Waals surface area contributed by atoms with Gasteiger partial charge in [0.1, 0.15) is 5.82 Å². The molecule has 14 heavy (non-hydrogen) atoms. The molecular weight excluding hydrogens is 199 g/mol. The lowest BCUT2D eigenvalue weighted by atomic mass is 10.0. The first-order valence-corrected chi connectivity index (χ1v) is 5.97. The highest BCUT2D eigenvalue weighted by Crippen LogP contribution is 2.22. The van der Waals surface area contributed by atoms with Gasteiger partial charge < -0.3 is 5.11 Å². The molecule has 0 spiro atoms. The van der Waals surface area contributed by atoms with E-state index in [1.165, 1.54) is 12.1 Å². The van der Waals surface area contributed by atoms with Crippen molar-refractivity contribution in [2.24, 2.45) is 0 Å². The fourth-order valence-electron chi connectivity index (χ4n) is 1.36. The molecule has 0 saturated heterocycles. The Kier molecular flexibility index (Phi) is 4.42. The standard InChI is InChI=1S/C11H15FOS/c1-8-3-4-9(12)7-10(8)11(13)5-6-14-2/h3-4,7,11,13H,5-6H2,1-2H3. The number of hydrogen-bond donors (Lipinski definition) is 1. The molecule has 0 aliphatic heterocycles. The normalized spacial score (nSPS) is 12.9. The molecule has 0 bridgehead atoms. The quantitative estimate of drug-likeness (QED) is 0.831. The summed E-state index contributed by atoms with van der Waals surface area (Å²) >= 11 is 1.68. The summed E-state index contributed by atoms with van der Waals surface area (Å²) in [5.41, 5.74) is 1.65. The zero-order chi connectivity index (χ0) is 10.6. The second-order valence-electron chi connectivity index (χ2n) is 3.30. The number of benzene rings is 1. The molecule has 0 heterocycles. The van der Waals surface area contributed by atoms with E-state index in [4.69, 9.17) is 0 Å². The van der Waals surface area contributed by atoms with E-state index >= 15 is 0 Å². The second kappa shape index (κ2) is 5.37. The number of halogens is 1. The van der Waals surface area contributed by atoms with Crippen LogP contribution in [-0.2, 0) is 0 Å². The Morgan fingerprint density at radius 2 is 2.21 bits per heavy atom. The van der Waals surface area contributed by atoms with Crippen LogP contribution in [0.15, 0.2) is 18.2 Å². The molecule has 0 aliphatic carbocycles. The van der Waals surface area contributed by atoms with E-state index < -0.39 is 6.10 Å². The molecule has 1 rings (SSSR count). The number of thioether (sulfide) groups is 1. The third kappa shape index (κ3) is 3.00. The van der Waals surface area contributed by atoms with Crippen LogP contribution in [0.2, 0.25) is 0 Å². The maximum atomic E-state index is 12.9. The van der Waals surface area contributed by atoms with Crippen LogP contribution < -0.4 is 0 Å². The largest absolute Gasteiger partial charge is 0.388 e. The van der Waals surface area contributed by atoms with Gasteiger partial charge >= 0.3 is 0 Å². The number of aryl methyl sites for hydroxylation is 1. The first-order valence-electron chi connectivity index (χ1n) is 4.58. The summed E-state index contributed by atoms with van der Waals surface area (Å²) in [6, 6.07) is 4.54. The summed E-state index contributed by atoms with van der Waals surface area (Å²) in [6.07, 6.45) is 2.12. The van der Waals surface area contributed by atoms with Crippen LogP contribution in [0.3, 0.4) is 0 Å². The Hall–Kier alpha value is -0.540. The van der Waals surface area contributed by atoms with Gasteiger partial charge in [-0.15, -0.1) is 0 Å². The molecule has 0 aliphatic rings. The lowest BCUT2D eigenvalue weighted by molar-refractivity contribution is 0.174. The van der Waals surface area contributed by atoms with Crippen molar-refractivity contribution in [1.82, 2.24) is 0 Å². The van der Waals surface area contributed by atoms with Gasteiger partial charge in [-0.25, -0.2) is 4.39 Å². The molecule has 0 radical (unpaired) electrons. The Morgan fingerprint density at radius 1 is 1.50 bits per heavy atom. The number of aliphatic hydroxyl groups excluding tert-OH is 1. The molecule has 0 aromatic heterocycles. The van der Waals surface area contributed by atoms with Gasteiger partial charge in [-0.3, -0.25) is 0 Å². The summed E-state index contributed by atoms with van der Waals surface area (Å²) in [7, 11) is 0. The van der Waals surface area contributed by atoms with Gasteiger partial charge in [0, 0.05) is 0 Å². The molecule has 0 amide bonds. The van der Waals surface area contributed by atoms with E-state index in [-0.39, 0.29) is 5.82 Å². The van der Waals surface area contributed by atoms with Gasteiger partial charge in [0.2, 0.25) is 0 Å². The Morgan fingerprint density at radius 3 is 2.86 bits per heavy atom. The third-order valence-electron chi connectivity index (χ3n) is 2.20. The molecule has 1 aromatic carbocycles. The number of aliphatic hydroxyl groups is 1. The minimum atomic E-state index is -0.543. The van der Waals surface area contributed by atoms with Crippen molar-refractivity contribution in [2.75, 3.05) is 12.0 Å². The van der Waals surface area contributed by atoms with Crippen LogP contribution in [0, 0.1) is 12.7 Å². The zero-order valence-electron chi connectivity index (χ0n) is 8.46. The SMILES string of the molecule is CSCCC(O)c1cc(F)ccc1C. The average molecular weight is 214 g/mol. The van der Waals surface area contributed by atoms with Crippen molar-refractivity contribution in [3.8, 4) is 0 Å². The summed E-state index contributed by atoms with van der Waals surface area (Å²) in [4.78, 5) is 0. The second-order valence-corrected chi connectivity index (χ2v) is 4.28. The summed E-state index contributed by atoms with van der Waals surface area (Å²) in [6.45, 7) is 1.89. The average Bonchev–Trinajstić information content (AvgIpc) is 2.18. The molecule has 78 valence electrons. The Labute approximate surface area is 88.3 Å². The van der Waals surface area contributed by atoms with E-state index in [1.54, 1.807) is 17.8 Å². The fourth-order valence-corrected chi connectivity index (χ4v) is 1.81. The molecular formula is C11H15FOS. The molecule has 1 atom stereocenters. The van der Waals surface area contributed by atoms with Crippen molar-refractivity contribution in [1.29, 1.82) is 0 Å². The highest BCUT2D eigenvalue weighted by molar-refractivity contribution is 7.98. The topological polar surface area (TPSA) is 20.2 Å². The van der Waals surface area contributed by atoms with Gasteiger partial charge in [0.25, 0.3) is 0 Å². The van der Waals surface area contributed by atoms with Crippen molar-refractivity contribution in [2.45, 2.75) is 19.4 Å². The van der Waals surface area contributed by atoms with Gasteiger partial charge in [-0.2, -0.15) is 11.8 Å². The number of hydrogen-bond acceptors (Lipinski definition) is 2. The fraction of sp³-hybridized carbons (Fsp3) is 0.455. The van der Waals surface area contributed by atoms with Crippen LogP contribution in [0.4, 0.5) is 4.39 Å². The van der Waals surface area contributed by atoms with Crippen LogP contribution in [0.25, 0.3) is 0 Å². The van der Waals surface area contributed by atoms with Crippen molar-refractivity contribution >= 4 is 11.8 Å². The van der Waals surface area contributed by atoms with E-state index in [0.29, 0.717) is 12.0 Å². The minimum absolute atomic E-state index is 0.284. The molecule has 3 heteroatoms. The maximum absolute atomic E-state index is 12.9. The van der Waals surface area contributed by atoms with Crippen LogP contribution in [0.5, 0.6) is 0 Å². The van der Waals surface area contributed by atoms with Gasteiger partial charge in [0.15, 0.2) is 0 Å². The maximum Gasteiger partial charge on any atom is 0.123 e. The van der Waals surface area contributed by atoms with E-state index in [0.717, 1.165) is 11.3 Å². The Bertz CT molecular complexity index is 301. The number of rotatable bonds is 4. The predicted octanol–water partition coefficient (Wildman–Crippen LogP) is 2.92. The molecule has 1 nitrogen and oxygen atoms in total. The van der Waals surface area contributed by atoms with Crippen LogP contribution >= 0.6 is 11.8 Å². The van der Waals surface area contributed by atoms with E-state index in [2.05, 4.69) is 0 Å². The third-order valence-corrected chi connectivity index (χ3v) is 2.84. The van der Waals surface area contributed by atoms with E-state index in [9.17, 15) is 9.50 Å². The zero-order valence-corrected chi connectivity index (χ0v) is 9.27. The van der Waals surface area contributed by atoms with Crippen LogP contribution in [-0.4, -0.2) is 17.1 Å². The highest BCUT2D eigenvalue weighted by atomic mass is 32.2. The highest BCUT2D eigenvalue weighted by Gasteiger charge is 2.10. The van der Waals surface area contributed by atoms with Crippen molar-refractivity contribution < 1.29 is 9.50 Å². The molecule has 1 N–H and O–H groups in total.